The van der Waals surface area contributed by atoms with Gasteiger partial charge in [-0.25, -0.2) is 4.98 Å². The van der Waals surface area contributed by atoms with E-state index in [1.807, 2.05) is 89.2 Å². The van der Waals surface area contributed by atoms with E-state index in [2.05, 4.69) is 30.8 Å². The Labute approximate surface area is 273 Å². The maximum absolute atomic E-state index is 13.9. The van der Waals surface area contributed by atoms with Crippen LogP contribution in [0.5, 0.6) is 0 Å². The minimum absolute atomic E-state index is 0.0250. The van der Waals surface area contributed by atoms with Gasteiger partial charge in [0, 0.05) is 18.0 Å². The lowest BCUT2D eigenvalue weighted by Crippen LogP contribution is -2.55. The minimum atomic E-state index is -0.827. The molecule has 0 aliphatic carbocycles. The lowest BCUT2D eigenvalue weighted by Gasteiger charge is -2.37. The van der Waals surface area contributed by atoms with Crippen LogP contribution in [0.3, 0.4) is 0 Å². The number of fused-ring (bicyclic) bond motifs is 1. The third kappa shape index (κ3) is 10.1. The molecule has 10 nitrogen and oxygen atoms in total. The van der Waals surface area contributed by atoms with Gasteiger partial charge in [0.05, 0.1) is 29.7 Å². The van der Waals surface area contributed by atoms with Gasteiger partial charge >= 0.3 is 0 Å². The molecule has 3 aromatic rings. The largest absolute Gasteiger partial charge is 0.392 e. The van der Waals surface area contributed by atoms with Crippen molar-refractivity contribution in [2.24, 2.45) is 11.8 Å². The number of aromatic amines is 1. The van der Waals surface area contributed by atoms with Gasteiger partial charge in [-0.3, -0.25) is 19.3 Å². The maximum Gasteiger partial charge on any atom is 0.243 e. The summed E-state index contributed by atoms with van der Waals surface area (Å²) in [7, 11) is 0. The van der Waals surface area contributed by atoms with E-state index in [9.17, 15) is 19.5 Å². The van der Waals surface area contributed by atoms with Crippen LogP contribution in [0.4, 0.5) is 0 Å². The fraction of sp³-hybridized carbons (Fsp3) is 0.556. The first-order chi connectivity index (χ1) is 21.9. The van der Waals surface area contributed by atoms with Gasteiger partial charge in [0.2, 0.25) is 17.7 Å². The molecule has 250 valence electrons. The van der Waals surface area contributed by atoms with Gasteiger partial charge in [-0.15, -0.1) is 0 Å². The van der Waals surface area contributed by atoms with Crippen molar-refractivity contribution in [3.8, 4) is 0 Å². The number of H-pyrrole nitrogens is 1. The number of β-amino-alcohol motifs (C(OH)–C–C–N with tert-alkyl or cyclic N) is 1. The molecule has 0 spiro atoms. The highest BCUT2D eigenvalue weighted by Gasteiger charge is 2.34. The highest BCUT2D eigenvalue weighted by molar-refractivity contribution is 5.89. The molecule has 5 atom stereocenters. The zero-order valence-electron chi connectivity index (χ0n) is 28.0. The number of aromatic nitrogens is 2. The standard InChI is InChI=1S/C36H52N6O4/c1-6-24(2)32(35(46)37-22-31-38-28-16-10-11-17-29(28)39-31)40-33(44)26(20-25-14-8-7-9-15-25)21-27(43)23-42-19-13-12-18-30(42)34(45)41-36(3,4)5/h7-11,14-17,24,26-27,30,32,43H,6,12-13,18-23H2,1-5H3,(H,37,46)(H,38,39)(H,40,44)(H,41,45)/t24-,26+,27?,30-,32-/m0/s1. The first kappa shape index (κ1) is 35.1. The van der Waals surface area contributed by atoms with Crippen molar-refractivity contribution < 1.29 is 19.5 Å². The van der Waals surface area contributed by atoms with Gasteiger partial charge in [-0.1, -0.05) is 69.2 Å². The number of likely N-dealkylation sites (tertiary alicyclic amines) is 1. The average molecular weight is 633 g/mol. The summed E-state index contributed by atoms with van der Waals surface area (Å²) in [6, 6.07) is 16.4. The van der Waals surface area contributed by atoms with Crippen molar-refractivity contribution in [2.75, 3.05) is 13.1 Å². The average Bonchev–Trinajstić information content (AvgIpc) is 3.45. The molecule has 1 aliphatic heterocycles. The normalized spacial score (nSPS) is 18.3. The third-order valence-corrected chi connectivity index (χ3v) is 8.77. The van der Waals surface area contributed by atoms with Gasteiger partial charge in [-0.05, 0) is 76.6 Å². The zero-order valence-corrected chi connectivity index (χ0v) is 28.0. The second-order valence-electron chi connectivity index (χ2n) is 13.8. The third-order valence-electron chi connectivity index (χ3n) is 8.77. The first-order valence-electron chi connectivity index (χ1n) is 16.7. The molecule has 1 aromatic heterocycles. The number of hydrogen-bond donors (Lipinski definition) is 5. The van der Waals surface area contributed by atoms with Crippen molar-refractivity contribution in [3.05, 3.63) is 66.0 Å². The molecule has 2 aromatic carbocycles. The predicted octanol–water partition coefficient (Wildman–Crippen LogP) is 4.09. The molecule has 3 amide bonds. The number of carbonyl (C=O) groups is 3. The van der Waals surface area contributed by atoms with E-state index in [0.717, 1.165) is 42.4 Å². The van der Waals surface area contributed by atoms with Gasteiger partial charge in [0.15, 0.2) is 0 Å². The van der Waals surface area contributed by atoms with Gasteiger partial charge in [0.25, 0.3) is 0 Å². The number of nitrogens with one attached hydrogen (secondary N) is 4. The molecule has 1 saturated heterocycles. The highest BCUT2D eigenvalue weighted by Crippen LogP contribution is 2.22. The summed E-state index contributed by atoms with van der Waals surface area (Å²) in [4.78, 5) is 50.3. The Morgan fingerprint density at radius 2 is 1.76 bits per heavy atom. The van der Waals surface area contributed by atoms with Crippen LogP contribution in [0.2, 0.25) is 0 Å². The number of benzene rings is 2. The molecule has 0 saturated carbocycles. The predicted molar refractivity (Wildman–Crippen MR) is 181 cm³/mol. The number of aliphatic hydroxyl groups is 1. The maximum atomic E-state index is 13.9. The number of aliphatic hydroxyl groups excluding tert-OH is 1. The Kier molecular flexibility index (Phi) is 12.3. The Morgan fingerprint density at radius 1 is 1.04 bits per heavy atom. The molecule has 10 heteroatoms. The monoisotopic (exact) mass is 632 g/mol. The number of amides is 3. The van der Waals surface area contributed by atoms with E-state index >= 15 is 0 Å². The van der Waals surface area contributed by atoms with E-state index < -0.39 is 18.1 Å². The van der Waals surface area contributed by atoms with E-state index in [1.54, 1.807) is 0 Å². The second kappa shape index (κ2) is 16.2. The molecule has 2 heterocycles. The fourth-order valence-corrected chi connectivity index (χ4v) is 6.16. The number of piperidine rings is 1. The number of hydrogen-bond acceptors (Lipinski definition) is 6. The lowest BCUT2D eigenvalue weighted by molar-refractivity contribution is -0.133. The zero-order chi connectivity index (χ0) is 33.3. The summed E-state index contributed by atoms with van der Waals surface area (Å²) in [5.41, 5.74) is 2.35. The number of nitrogens with zero attached hydrogens (tertiary/aromatic N) is 2. The first-order valence-corrected chi connectivity index (χ1v) is 16.7. The molecule has 1 aliphatic rings. The topological polar surface area (TPSA) is 139 Å². The second-order valence-corrected chi connectivity index (χ2v) is 13.8. The summed E-state index contributed by atoms with van der Waals surface area (Å²) in [6.07, 6.45) is 3.16. The summed E-state index contributed by atoms with van der Waals surface area (Å²) >= 11 is 0. The molecule has 1 fully saturated rings. The number of carbonyl (C=O) groups excluding carboxylic acids is 3. The van der Waals surface area contributed by atoms with Gasteiger partial charge in [0.1, 0.15) is 11.9 Å². The van der Waals surface area contributed by atoms with Crippen molar-refractivity contribution in [1.29, 1.82) is 0 Å². The Bertz CT molecular complexity index is 1400. The van der Waals surface area contributed by atoms with Crippen molar-refractivity contribution in [2.45, 2.75) is 103 Å². The van der Waals surface area contributed by atoms with Crippen LogP contribution in [0.15, 0.2) is 54.6 Å². The Hall–Kier alpha value is -3.76. The van der Waals surface area contributed by atoms with Crippen LogP contribution in [-0.4, -0.2) is 74.5 Å². The number of para-hydroxylation sites is 2. The molecular weight excluding hydrogens is 580 g/mol. The van der Waals surface area contributed by atoms with E-state index in [0.29, 0.717) is 25.2 Å². The van der Waals surface area contributed by atoms with Crippen LogP contribution in [0.1, 0.15) is 78.1 Å². The fourth-order valence-electron chi connectivity index (χ4n) is 6.16. The smallest absolute Gasteiger partial charge is 0.243 e. The van der Waals surface area contributed by atoms with E-state index in [-0.39, 0.29) is 48.2 Å². The van der Waals surface area contributed by atoms with Crippen LogP contribution < -0.4 is 16.0 Å². The van der Waals surface area contributed by atoms with E-state index in [4.69, 9.17) is 0 Å². The SMILES string of the molecule is CC[C@H](C)[C@H](NC(=O)[C@H](Cc1ccccc1)CC(O)CN1CCCC[C@H]1C(=O)NC(C)(C)C)C(=O)NCc1nc2ccccc2[nH]1. The molecule has 4 rings (SSSR count). The minimum Gasteiger partial charge on any atom is -0.392 e. The van der Waals surface area contributed by atoms with Gasteiger partial charge < -0.3 is 26.0 Å². The molecule has 0 bridgehead atoms. The molecule has 0 radical (unpaired) electrons. The number of rotatable bonds is 14. The van der Waals surface area contributed by atoms with Crippen LogP contribution in [0.25, 0.3) is 11.0 Å². The van der Waals surface area contributed by atoms with Crippen molar-refractivity contribution >= 4 is 28.8 Å². The molecular formula is C36H52N6O4. The summed E-state index contributed by atoms with van der Waals surface area (Å²) in [5.74, 6) is -0.615. The summed E-state index contributed by atoms with van der Waals surface area (Å²) in [5, 5.41) is 20.4. The van der Waals surface area contributed by atoms with E-state index in [1.165, 1.54) is 0 Å². The number of imidazole rings is 1. The molecule has 1 unspecified atom stereocenters. The van der Waals surface area contributed by atoms with Crippen LogP contribution in [0, 0.1) is 11.8 Å². The molecule has 5 N–H and O–H groups in total. The summed E-state index contributed by atoms with van der Waals surface area (Å²) in [6.45, 7) is 11.1. The quantitative estimate of drug-likeness (QED) is 0.182. The lowest BCUT2D eigenvalue weighted by atomic mass is 9.90. The Balaban J connectivity index is 1.44. The Morgan fingerprint density at radius 3 is 2.46 bits per heavy atom. The van der Waals surface area contributed by atoms with Crippen molar-refractivity contribution in [1.82, 2.24) is 30.8 Å². The van der Waals surface area contributed by atoms with Crippen LogP contribution in [-0.2, 0) is 27.3 Å². The van der Waals surface area contributed by atoms with Crippen LogP contribution >= 0.6 is 0 Å². The highest BCUT2D eigenvalue weighted by atomic mass is 16.3. The molecule has 46 heavy (non-hydrogen) atoms. The summed E-state index contributed by atoms with van der Waals surface area (Å²) < 4.78 is 0. The van der Waals surface area contributed by atoms with Crippen molar-refractivity contribution in [3.63, 3.8) is 0 Å². The van der Waals surface area contributed by atoms with Gasteiger partial charge in [-0.2, -0.15) is 0 Å².